The van der Waals surface area contributed by atoms with Gasteiger partial charge in [0.1, 0.15) is 6.20 Å². The quantitative estimate of drug-likeness (QED) is 0.521. The fraction of sp³-hybridized carbons (Fsp3) is 0.333. The molecule has 0 bridgehead atoms. The fourth-order valence-corrected chi connectivity index (χ4v) is 4.32. The maximum absolute atomic E-state index is 12.7. The van der Waals surface area contributed by atoms with E-state index in [9.17, 15) is 4.79 Å². The number of unbranched alkanes of at least 4 members (excludes halogenated alkanes) is 1. The van der Waals surface area contributed by atoms with Crippen molar-refractivity contribution in [1.82, 2.24) is 4.57 Å². The molecule has 0 fully saturated rings. The molecule has 1 N–H and O–H groups in total. The van der Waals surface area contributed by atoms with E-state index in [-0.39, 0.29) is 24.9 Å². The topological polar surface area (TPSA) is 37.9 Å². The number of nitrogens with one attached hydrogen (secondary N) is 1. The van der Waals surface area contributed by atoms with E-state index in [0.29, 0.717) is 10.0 Å². The summed E-state index contributed by atoms with van der Waals surface area (Å²) in [5.74, 6) is 1.14. The lowest BCUT2D eigenvalue weighted by molar-refractivity contribution is -0.690. The van der Waals surface area contributed by atoms with Crippen LogP contribution in [-0.2, 0) is 30.7 Å². The molecule has 1 aromatic heterocycles. The lowest BCUT2D eigenvalue weighted by atomic mass is 10.1. The number of carbonyl (C=O) groups is 1. The van der Waals surface area contributed by atoms with E-state index in [4.69, 9.17) is 23.2 Å². The molecule has 7 heteroatoms. The zero-order valence-corrected chi connectivity index (χ0v) is 19.8. The van der Waals surface area contributed by atoms with Crippen molar-refractivity contribution >= 4 is 34.8 Å². The molecule has 4 nitrogen and oxygen atoms in total. The average molecular weight is 479 g/mol. The summed E-state index contributed by atoms with van der Waals surface area (Å²) in [5, 5.41) is 4.10. The van der Waals surface area contributed by atoms with Crippen LogP contribution in [0.4, 0.5) is 5.69 Å². The van der Waals surface area contributed by atoms with Crippen LogP contribution in [0.1, 0.15) is 37.6 Å². The monoisotopic (exact) mass is 477 g/mol. The number of nitrogens with zero attached hydrogens (tertiary/aromatic N) is 2. The summed E-state index contributed by atoms with van der Waals surface area (Å²) in [4.78, 5) is 12.7. The van der Waals surface area contributed by atoms with Gasteiger partial charge >= 0.3 is 0 Å². The van der Waals surface area contributed by atoms with Gasteiger partial charge in [0.15, 0.2) is 12.2 Å². The minimum Gasteiger partial charge on any atom is -1.00 e. The van der Waals surface area contributed by atoms with Gasteiger partial charge in [0.2, 0.25) is 0 Å². The first-order valence-electron chi connectivity index (χ1n) is 10.5. The molecule has 3 aromatic rings. The van der Waals surface area contributed by atoms with E-state index in [1.807, 2.05) is 36.5 Å². The van der Waals surface area contributed by atoms with Gasteiger partial charge in [-0.05, 0) is 55.2 Å². The van der Waals surface area contributed by atoms with Crippen molar-refractivity contribution in [2.24, 2.45) is 0 Å². The molecule has 1 amide bonds. The number of imidazole rings is 1. The van der Waals surface area contributed by atoms with E-state index in [0.717, 1.165) is 42.8 Å². The average Bonchev–Trinajstić information content (AvgIpc) is 3.34. The number of fused-ring (bicyclic) bond motifs is 1. The van der Waals surface area contributed by atoms with Gasteiger partial charge in [-0.3, -0.25) is 4.79 Å². The molecule has 0 saturated heterocycles. The van der Waals surface area contributed by atoms with Crippen LogP contribution in [0, 0.1) is 0 Å². The molecule has 2 aromatic carbocycles. The van der Waals surface area contributed by atoms with Crippen LogP contribution < -0.4 is 22.3 Å². The molecule has 1 aliphatic heterocycles. The van der Waals surface area contributed by atoms with Gasteiger partial charge in [-0.25, -0.2) is 9.13 Å². The maximum atomic E-state index is 12.7. The molecule has 0 spiro atoms. The predicted molar refractivity (Wildman–Crippen MR) is 122 cm³/mol. The van der Waals surface area contributed by atoms with Gasteiger partial charge < -0.3 is 17.7 Å². The minimum atomic E-state index is -0.0257. The van der Waals surface area contributed by atoms with E-state index in [1.165, 1.54) is 24.2 Å². The summed E-state index contributed by atoms with van der Waals surface area (Å²) >= 11 is 12.3. The Morgan fingerprint density at radius 3 is 2.61 bits per heavy atom. The van der Waals surface area contributed by atoms with Crippen LogP contribution in [-0.4, -0.2) is 10.5 Å². The molecule has 164 valence electrons. The van der Waals surface area contributed by atoms with Crippen molar-refractivity contribution in [3.05, 3.63) is 70.1 Å². The van der Waals surface area contributed by atoms with Crippen molar-refractivity contribution in [3.8, 4) is 11.3 Å². The molecular weight excluding hydrogens is 453 g/mol. The Balaban J connectivity index is 0.00000272. The van der Waals surface area contributed by atoms with E-state index < -0.39 is 0 Å². The fourth-order valence-electron chi connectivity index (χ4n) is 4.02. The van der Waals surface area contributed by atoms with Crippen molar-refractivity contribution in [1.29, 1.82) is 0 Å². The molecule has 4 rings (SSSR count). The van der Waals surface area contributed by atoms with Crippen LogP contribution in [0.15, 0.2) is 48.7 Å². The van der Waals surface area contributed by atoms with Crippen LogP contribution in [0.2, 0.25) is 10.0 Å². The lowest BCUT2D eigenvalue weighted by Crippen LogP contribution is -3.00. The highest BCUT2D eigenvalue weighted by Crippen LogP contribution is 2.30. The van der Waals surface area contributed by atoms with E-state index in [1.54, 1.807) is 0 Å². The van der Waals surface area contributed by atoms with Crippen LogP contribution in [0.5, 0.6) is 0 Å². The van der Waals surface area contributed by atoms with Crippen molar-refractivity contribution in [3.63, 3.8) is 0 Å². The van der Waals surface area contributed by atoms with Gasteiger partial charge in [0.05, 0.1) is 23.0 Å². The largest absolute Gasteiger partial charge is 1.00 e. The summed E-state index contributed by atoms with van der Waals surface area (Å²) in [7, 11) is 0. The Morgan fingerprint density at radius 2 is 1.90 bits per heavy atom. The number of hydrogen-bond donors (Lipinski definition) is 1. The second kappa shape index (κ2) is 10.5. The Hall–Kier alpha value is -2.01. The Labute approximate surface area is 199 Å². The van der Waals surface area contributed by atoms with Crippen molar-refractivity contribution in [2.45, 2.75) is 52.1 Å². The second-order valence-corrected chi connectivity index (χ2v) is 8.61. The highest BCUT2D eigenvalue weighted by Gasteiger charge is 2.29. The molecule has 2 heterocycles. The number of aryl methyl sites for hydroxylation is 1. The molecule has 0 saturated carbocycles. The van der Waals surface area contributed by atoms with Crippen LogP contribution >= 0.6 is 23.2 Å². The Morgan fingerprint density at radius 1 is 1.13 bits per heavy atom. The van der Waals surface area contributed by atoms with Crippen molar-refractivity contribution in [2.75, 3.05) is 5.32 Å². The van der Waals surface area contributed by atoms with E-state index >= 15 is 0 Å². The Kier molecular flexibility index (Phi) is 8.04. The first kappa shape index (κ1) is 23.6. The number of rotatable bonds is 7. The SMILES string of the molecule is CCCCc1ccc(NC(=O)C[n+]2cc(-c3ccc(Cl)c(Cl)c3)n3c2CCC3)cc1.[Cl-]. The molecular formula is C24H26Cl3N3O. The third-order valence-electron chi connectivity index (χ3n) is 5.58. The highest BCUT2D eigenvalue weighted by atomic mass is 35.5. The first-order valence-corrected chi connectivity index (χ1v) is 11.3. The highest BCUT2D eigenvalue weighted by molar-refractivity contribution is 6.42. The summed E-state index contributed by atoms with van der Waals surface area (Å²) in [5.41, 5.74) is 4.21. The standard InChI is InChI=1S/C24H25Cl2N3O.ClH/c1-2-3-5-17-7-10-19(11-8-17)27-23(30)16-28-15-22(29-13-4-6-24(28)29)18-9-12-20(25)21(26)14-18;/h7-12,14-15H,2-6,13,16H2,1H3;1H. The van der Waals surface area contributed by atoms with Gasteiger partial charge in [0.25, 0.3) is 11.7 Å². The predicted octanol–water partition coefficient (Wildman–Crippen LogP) is 2.68. The molecule has 1 aliphatic rings. The number of amides is 1. The second-order valence-electron chi connectivity index (χ2n) is 7.79. The van der Waals surface area contributed by atoms with Gasteiger partial charge in [-0.1, -0.05) is 48.7 Å². The number of anilines is 1. The summed E-state index contributed by atoms with van der Waals surface area (Å²) in [6.45, 7) is 3.42. The third-order valence-corrected chi connectivity index (χ3v) is 6.32. The number of hydrogen-bond acceptors (Lipinski definition) is 1. The van der Waals surface area contributed by atoms with Crippen LogP contribution in [0.3, 0.4) is 0 Å². The minimum absolute atomic E-state index is 0. The zero-order chi connectivity index (χ0) is 21.1. The number of aromatic nitrogens is 2. The summed E-state index contributed by atoms with van der Waals surface area (Å²) in [6.07, 6.45) is 7.52. The summed E-state index contributed by atoms with van der Waals surface area (Å²) < 4.78 is 4.32. The number of benzene rings is 2. The van der Waals surface area contributed by atoms with Crippen molar-refractivity contribution < 1.29 is 21.8 Å². The lowest BCUT2D eigenvalue weighted by Gasteiger charge is -2.06. The van der Waals surface area contributed by atoms with Gasteiger partial charge in [0, 0.05) is 11.3 Å². The number of carbonyl (C=O) groups excluding carboxylic acids is 1. The Bertz CT molecular complexity index is 1060. The third kappa shape index (κ3) is 5.43. The van der Waals surface area contributed by atoms with Crippen LogP contribution in [0.25, 0.3) is 11.3 Å². The maximum Gasteiger partial charge on any atom is 0.266 e. The zero-order valence-electron chi connectivity index (χ0n) is 17.5. The molecule has 0 unspecified atom stereocenters. The molecule has 0 atom stereocenters. The van der Waals surface area contributed by atoms with Gasteiger partial charge in [-0.15, -0.1) is 0 Å². The molecule has 31 heavy (non-hydrogen) atoms. The number of halogens is 3. The molecule has 0 radical (unpaired) electrons. The smallest absolute Gasteiger partial charge is 0.266 e. The van der Waals surface area contributed by atoms with E-state index in [2.05, 4.69) is 33.5 Å². The van der Waals surface area contributed by atoms with Gasteiger partial charge in [-0.2, -0.15) is 0 Å². The normalized spacial score (nSPS) is 12.4. The molecule has 0 aliphatic carbocycles. The first-order chi connectivity index (χ1) is 14.5. The summed E-state index contributed by atoms with van der Waals surface area (Å²) in [6, 6.07) is 13.8.